The highest BCUT2D eigenvalue weighted by molar-refractivity contribution is 5.78. The number of morpholine rings is 1. The summed E-state index contributed by atoms with van der Waals surface area (Å²) in [4.78, 5) is 16.6. The van der Waals surface area contributed by atoms with Crippen LogP contribution in [-0.4, -0.2) is 72.4 Å². The maximum absolute atomic E-state index is 12.5. The summed E-state index contributed by atoms with van der Waals surface area (Å²) in [5, 5.41) is 9.20. The maximum Gasteiger partial charge on any atom is 0.236 e. The molecule has 1 amide bonds. The van der Waals surface area contributed by atoms with Gasteiger partial charge in [-0.1, -0.05) is 19.3 Å². The van der Waals surface area contributed by atoms with E-state index in [1.54, 1.807) is 0 Å². The van der Waals surface area contributed by atoms with E-state index in [1.165, 1.54) is 19.3 Å². The molecule has 0 aliphatic carbocycles. The van der Waals surface area contributed by atoms with Gasteiger partial charge in [0, 0.05) is 25.7 Å². The third-order valence-corrected chi connectivity index (χ3v) is 4.39. The molecule has 5 nitrogen and oxygen atoms in total. The molecule has 2 fully saturated rings. The molecule has 0 spiro atoms. The van der Waals surface area contributed by atoms with E-state index in [0.717, 1.165) is 25.9 Å². The molecule has 2 aliphatic heterocycles. The minimum atomic E-state index is -0.147. The van der Waals surface area contributed by atoms with Crippen molar-refractivity contribution in [2.75, 3.05) is 39.4 Å². The van der Waals surface area contributed by atoms with E-state index in [1.807, 2.05) is 4.90 Å². The van der Waals surface area contributed by atoms with Crippen molar-refractivity contribution in [3.05, 3.63) is 0 Å². The topological polar surface area (TPSA) is 53.0 Å². The van der Waals surface area contributed by atoms with Gasteiger partial charge in [-0.25, -0.2) is 0 Å². The number of amides is 1. The first-order chi connectivity index (χ1) is 9.70. The lowest BCUT2D eigenvalue weighted by Gasteiger charge is -2.38. The van der Waals surface area contributed by atoms with E-state index in [9.17, 15) is 9.90 Å². The molecular weight excluding hydrogens is 256 g/mol. The van der Waals surface area contributed by atoms with Crippen molar-refractivity contribution in [2.45, 2.75) is 51.2 Å². The lowest BCUT2D eigenvalue weighted by Crippen LogP contribution is -2.53. The summed E-state index contributed by atoms with van der Waals surface area (Å²) in [7, 11) is 0. The number of likely N-dealkylation sites (tertiary alicyclic amines) is 1. The molecule has 1 N–H and O–H groups in total. The molecule has 2 saturated heterocycles. The standard InChI is InChI=1S/C15H28N2O3/c1-13-12-20-14(11-18)9-17(13)10-15(19)16-7-5-3-2-4-6-8-16/h13-14,18H,2-12H2,1H3. The monoisotopic (exact) mass is 284 g/mol. The third kappa shape index (κ3) is 4.43. The average molecular weight is 284 g/mol. The summed E-state index contributed by atoms with van der Waals surface area (Å²) >= 11 is 0. The van der Waals surface area contributed by atoms with E-state index in [4.69, 9.17) is 4.74 Å². The van der Waals surface area contributed by atoms with Gasteiger partial charge in [-0.3, -0.25) is 9.69 Å². The maximum atomic E-state index is 12.5. The zero-order chi connectivity index (χ0) is 14.4. The van der Waals surface area contributed by atoms with E-state index in [0.29, 0.717) is 19.7 Å². The molecule has 0 aromatic carbocycles. The van der Waals surface area contributed by atoms with Gasteiger partial charge in [0.25, 0.3) is 0 Å². The van der Waals surface area contributed by atoms with Gasteiger partial charge < -0.3 is 14.7 Å². The SMILES string of the molecule is CC1COC(CO)CN1CC(=O)N1CCCCCCC1. The number of hydrogen-bond acceptors (Lipinski definition) is 4. The molecular formula is C15H28N2O3. The Hall–Kier alpha value is -0.650. The Bertz CT molecular complexity index is 303. The van der Waals surface area contributed by atoms with E-state index in [-0.39, 0.29) is 24.7 Å². The van der Waals surface area contributed by atoms with Crippen LogP contribution in [0.1, 0.15) is 39.0 Å². The highest BCUT2D eigenvalue weighted by Gasteiger charge is 2.28. The highest BCUT2D eigenvalue weighted by atomic mass is 16.5. The summed E-state index contributed by atoms with van der Waals surface area (Å²) in [6, 6.07) is 0.247. The Morgan fingerprint density at radius 1 is 1.20 bits per heavy atom. The summed E-state index contributed by atoms with van der Waals surface area (Å²) < 4.78 is 5.52. The Kier molecular flexibility index (Phi) is 6.26. The molecule has 0 aromatic heterocycles. The van der Waals surface area contributed by atoms with Crippen molar-refractivity contribution in [1.82, 2.24) is 9.80 Å². The minimum Gasteiger partial charge on any atom is -0.394 e. The van der Waals surface area contributed by atoms with Gasteiger partial charge in [0.1, 0.15) is 0 Å². The predicted octanol–water partition coefficient (Wildman–Crippen LogP) is 0.861. The van der Waals surface area contributed by atoms with Gasteiger partial charge in [-0.15, -0.1) is 0 Å². The molecule has 0 radical (unpaired) electrons. The fourth-order valence-electron chi connectivity index (χ4n) is 2.98. The molecule has 0 aromatic rings. The summed E-state index contributed by atoms with van der Waals surface area (Å²) in [6.45, 7) is 5.62. The molecule has 0 saturated carbocycles. The van der Waals surface area contributed by atoms with Crippen molar-refractivity contribution in [2.24, 2.45) is 0 Å². The molecule has 2 aliphatic rings. The van der Waals surface area contributed by atoms with Crippen molar-refractivity contribution >= 4 is 5.91 Å². The van der Waals surface area contributed by atoms with Crippen LogP contribution in [-0.2, 0) is 9.53 Å². The second kappa shape index (κ2) is 7.96. The average Bonchev–Trinajstić information content (AvgIpc) is 2.40. The molecule has 2 unspecified atom stereocenters. The van der Waals surface area contributed by atoms with Crippen molar-refractivity contribution in [3.8, 4) is 0 Å². The van der Waals surface area contributed by atoms with Crippen LogP contribution in [0.15, 0.2) is 0 Å². The van der Waals surface area contributed by atoms with Gasteiger partial charge in [0.15, 0.2) is 0 Å². The van der Waals surface area contributed by atoms with Gasteiger partial charge >= 0.3 is 0 Å². The number of aliphatic hydroxyl groups is 1. The normalized spacial score (nSPS) is 29.8. The molecule has 20 heavy (non-hydrogen) atoms. The van der Waals surface area contributed by atoms with Gasteiger partial charge in [-0.05, 0) is 19.8 Å². The second-order valence-electron chi connectivity index (χ2n) is 6.06. The lowest BCUT2D eigenvalue weighted by molar-refractivity contribution is -0.137. The predicted molar refractivity (Wildman–Crippen MR) is 77.5 cm³/mol. The van der Waals surface area contributed by atoms with E-state index < -0.39 is 0 Å². The number of ether oxygens (including phenoxy) is 1. The Labute approximate surface area is 121 Å². The van der Waals surface area contributed by atoms with Crippen LogP contribution >= 0.6 is 0 Å². The molecule has 5 heteroatoms. The first-order valence-electron chi connectivity index (χ1n) is 7.95. The number of hydrogen-bond donors (Lipinski definition) is 1. The van der Waals surface area contributed by atoms with Crippen LogP contribution in [0.2, 0.25) is 0 Å². The van der Waals surface area contributed by atoms with Crippen LogP contribution < -0.4 is 0 Å². The van der Waals surface area contributed by atoms with Crippen LogP contribution in [0.3, 0.4) is 0 Å². The van der Waals surface area contributed by atoms with Crippen molar-refractivity contribution in [3.63, 3.8) is 0 Å². The number of rotatable bonds is 3. The van der Waals surface area contributed by atoms with Crippen molar-refractivity contribution in [1.29, 1.82) is 0 Å². The number of carbonyl (C=O) groups is 1. The fraction of sp³-hybridized carbons (Fsp3) is 0.933. The number of aliphatic hydroxyl groups excluding tert-OH is 1. The minimum absolute atomic E-state index is 0.0289. The Balaban J connectivity index is 1.85. The van der Waals surface area contributed by atoms with Crippen LogP contribution in [0, 0.1) is 0 Å². The van der Waals surface area contributed by atoms with Gasteiger partial charge in [-0.2, -0.15) is 0 Å². The lowest BCUT2D eigenvalue weighted by atomic mass is 10.1. The van der Waals surface area contributed by atoms with Crippen LogP contribution in [0.4, 0.5) is 0 Å². The second-order valence-corrected chi connectivity index (χ2v) is 6.06. The van der Waals surface area contributed by atoms with Crippen LogP contribution in [0.5, 0.6) is 0 Å². The smallest absolute Gasteiger partial charge is 0.236 e. The largest absolute Gasteiger partial charge is 0.394 e. The number of nitrogens with zero attached hydrogens (tertiary/aromatic N) is 2. The Morgan fingerprint density at radius 3 is 2.50 bits per heavy atom. The van der Waals surface area contributed by atoms with Crippen LogP contribution in [0.25, 0.3) is 0 Å². The molecule has 0 bridgehead atoms. The first-order valence-corrected chi connectivity index (χ1v) is 7.95. The number of carbonyl (C=O) groups excluding carboxylic acids is 1. The van der Waals surface area contributed by atoms with E-state index in [2.05, 4.69) is 11.8 Å². The third-order valence-electron chi connectivity index (χ3n) is 4.39. The zero-order valence-corrected chi connectivity index (χ0v) is 12.6. The zero-order valence-electron chi connectivity index (χ0n) is 12.6. The molecule has 116 valence electrons. The fourth-order valence-corrected chi connectivity index (χ4v) is 2.98. The summed E-state index contributed by atoms with van der Waals surface area (Å²) in [5.74, 6) is 0.234. The first kappa shape index (κ1) is 15.7. The molecule has 2 heterocycles. The van der Waals surface area contributed by atoms with E-state index >= 15 is 0 Å². The molecule has 2 rings (SSSR count). The highest BCUT2D eigenvalue weighted by Crippen LogP contribution is 2.14. The van der Waals surface area contributed by atoms with Crippen molar-refractivity contribution < 1.29 is 14.6 Å². The van der Waals surface area contributed by atoms with Gasteiger partial charge in [0.2, 0.25) is 5.91 Å². The summed E-state index contributed by atoms with van der Waals surface area (Å²) in [5.41, 5.74) is 0. The summed E-state index contributed by atoms with van der Waals surface area (Å²) in [6.07, 6.45) is 5.90. The Morgan fingerprint density at radius 2 is 1.85 bits per heavy atom. The quantitative estimate of drug-likeness (QED) is 0.835. The van der Waals surface area contributed by atoms with Gasteiger partial charge in [0.05, 0.1) is 25.9 Å². The molecule has 2 atom stereocenters.